The monoisotopic (exact) mass is 270 g/mol. The second kappa shape index (κ2) is 10.6. The van der Waals surface area contributed by atoms with Crippen molar-refractivity contribution in [1.82, 2.24) is 15.5 Å². The summed E-state index contributed by atoms with van der Waals surface area (Å²) in [5.74, 6) is 1.57. The van der Waals surface area contributed by atoms with Crippen LogP contribution in [0.15, 0.2) is 4.99 Å². The van der Waals surface area contributed by atoms with Crippen molar-refractivity contribution in [2.45, 2.75) is 40.0 Å². The molecule has 0 bridgehead atoms. The van der Waals surface area contributed by atoms with Gasteiger partial charge in [0.1, 0.15) is 0 Å². The number of amides is 1. The van der Waals surface area contributed by atoms with Crippen molar-refractivity contribution >= 4 is 11.9 Å². The van der Waals surface area contributed by atoms with Crippen LogP contribution in [0.2, 0.25) is 0 Å². The molecule has 2 N–H and O–H groups in total. The molecule has 0 aliphatic carbocycles. The Balaban J connectivity index is 4.17. The second-order valence-electron chi connectivity index (χ2n) is 4.87. The number of aliphatic imine (C=N–C) groups is 1. The van der Waals surface area contributed by atoms with Gasteiger partial charge >= 0.3 is 0 Å². The van der Waals surface area contributed by atoms with Crippen molar-refractivity contribution in [3.05, 3.63) is 0 Å². The highest BCUT2D eigenvalue weighted by molar-refractivity contribution is 5.81. The van der Waals surface area contributed by atoms with Gasteiger partial charge in [-0.1, -0.05) is 26.7 Å². The van der Waals surface area contributed by atoms with Gasteiger partial charge in [-0.3, -0.25) is 9.79 Å². The summed E-state index contributed by atoms with van der Waals surface area (Å²) in [6, 6.07) is 0. The summed E-state index contributed by atoms with van der Waals surface area (Å²) in [5.41, 5.74) is 0. The molecule has 19 heavy (non-hydrogen) atoms. The predicted molar refractivity (Wildman–Crippen MR) is 81.4 cm³/mol. The molecule has 0 unspecified atom stereocenters. The normalized spacial score (nSPS) is 11.6. The topological polar surface area (TPSA) is 56.7 Å². The average molecular weight is 270 g/mol. The fraction of sp³-hybridized carbons (Fsp3) is 0.857. The zero-order valence-electron chi connectivity index (χ0n) is 13.1. The fourth-order valence-electron chi connectivity index (χ4n) is 1.62. The summed E-state index contributed by atoms with van der Waals surface area (Å²) < 4.78 is 0. The summed E-state index contributed by atoms with van der Waals surface area (Å²) >= 11 is 0. The van der Waals surface area contributed by atoms with E-state index in [0.717, 1.165) is 31.9 Å². The van der Waals surface area contributed by atoms with E-state index in [9.17, 15) is 4.79 Å². The molecule has 0 radical (unpaired) electrons. The summed E-state index contributed by atoms with van der Waals surface area (Å²) in [7, 11) is 3.55. The Hall–Kier alpha value is -1.26. The number of hydrogen-bond donors (Lipinski definition) is 2. The van der Waals surface area contributed by atoms with Crippen LogP contribution in [0.5, 0.6) is 0 Å². The van der Waals surface area contributed by atoms with Gasteiger partial charge in [0, 0.05) is 40.2 Å². The summed E-state index contributed by atoms with van der Waals surface area (Å²) in [4.78, 5) is 17.6. The van der Waals surface area contributed by atoms with Gasteiger partial charge in [0.25, 0.3) is 0 Å². The van der Waals surface area contributed by atoms with Gasteiger partial charge in [-0.2, -0.15) is 0 Å². The average Bonchev–Trinajstić information content (AvgIpc) is 2.39. The third-order valence-electron chi connectivity index (χ3n) is 3.14. The van der Waals surface area contributed by atoms with Crippen LogP contribution in [0, 0.1) is 5.92 Å². The van der Waals surface area contributed by atoms with E-state index in [2.05, 4.69) is 29.5 Å². The molecule has 0 saturated carbocycles. The lowest BCUT2D eigenvalue weighted by molar-refractivity contribution is -0.128. The Morgan fingerprint density at radius 2 is 1.79 bits per heavy atom. The largest absolute Gasteiger partial charge is 0.357 e. The Morgan fingerprint density at radius 1 is 1.16 bits per heavy atom. The lowest BCUT2D eigenvalue weighted by Gasteiger charge is -2.15. The minimum atomic E-state index is 0.128. The van der Waals surface area contributed by atoms with Gasteiger partial charge in [0.15, 0.2) is 5.96 Å². The zero-order chi connectivity index (χ0) is 14.7. The van der Waals surface area contributed by atoms with Crippen LogP contribution >= 0.6 is 0 Å². The number of rotatable bonds is 8. The van der Waals surface area contributed by atoms with E-state index in [4.69, 9.17) is 0 Å². The first-order chi connectivity index (χ1) is 9.04. The first-order valence-corrected chi connectivity index (χ1v) is 7.27. The van der Waals surface area contributed by atoms with Gasteiger partial charge in [-0.05, 0) is 12.8 Å². The molecule has 0 aromatic heterocycles. The van der Waals surface area contributed by atoms with Crippen molar-refractivity contribution < 1.29 is 4.79 Å². The summed E-state index contributed by atoms with van der Waals surface area (Å²) in [5, 5.41) is 6.40. The molecule has 5 nitrogen and oxygen atoms in total. The van der Waals surface area contributed by atoms with E-state index in [1.54, 1.807) is 19.0 Å². The van der Waals surface area contributed by atoms with Crippen LogP contribution < -0.4 is 10.6 Å². The molecule has 112 valence electrons. The highest BCUT2D eigenvalue weighted by Crippen LogP contribution is 2.06. The minimum Gasteiger partial charge on any atom is -0.357 e. The number of nitrogens with zero attached hydrogens (tertiary/aromatic N) is 2. The van der Waals surface area contributed by atoms with Crippen molar-refractivity contribution in [3.63, 3.8) is 0 Å². The third-order valence-corrected chi connectivity index (χ3v) is 3.14. The van der Waals surface area contributed by atoms with Crippen LogP contribution in [0.1, 0.15) is 40.0 Å². The van der Waals surface area contributed by atoms with Crippen molar-refractivity contribution in [3.8, 4) is 0 Å². The van der Waals surface area contributed by atoms with E-state index in [1.807, 2.05) is 6.92 Å². The number of carbonyl (C=O) groups excluding carboxylic acids is 1. The maximum atomic E-state index is 11.5. The van der Waals surface area contributed by atoms with Gasteiger partial charge in [0.05, 0.1) is 0 Å². The molecule has 0 saturated heterocycles. The first kappa shape index (κ1) is 17.7. The zero-order valence-corrected chi connectivity index (χ0v) is 13.1. The maximum Gasteiger partial charge on any atom is 0.223 e. The molecule has 0 aromatic rings. The Labute approximate surface area is 117 Å². The molecule has 5 heteroatoms. The molecule has 0 aliphatic rings. The number of hydrogen-bond acceptors (Lipinski definition) is 2. The third kappa shape index (κ3) is 8.46. The minimum absolute atomic E-state index is 0.128. The molecular weight excluding hydrogens is 240 g/mol. The van der Waals surface area contributed by atoms with Crippen LogP contribution in [0.3, 0.4) is 0 Å². The van der Waals surface area contributed by atoms with E-state index < -0.39 is 0 Å². The van der Waals surface area contributed by atoms with Crippen LogP contribution in [-0.4, -0.2) is 50.5 Å². The van der Waals surface area contributed by atoms with Gasteiger partial charge in [0.2, 0.25) is 5.91 Å². The SMILES string of the molecule is CCNC(=NCC(CC)CC)NCCC(=O)N(C)C. The molecule has 1 amide bonds. The van der Waals surface area contributed by atoms with Crippen molar-refractivity contribution in [1.29, 1.82) is 0 Å². The fourth-order valence-corrected chi connectivity index (χ4v) is 1.62. The lowest BCUT2D eigenvalue weighted by atomic mass is 10.0. The predicted octanol–water partition coefficient (Wildman–Crippen LogP) is 1.46. The van der Waals surface area contributed by atoms with Crippen LogP contribution in [0.25, 0.3) is 0 Å². The molecule has 0 spiro atoms. The van der Waals surface area contributed by atoms with E-state index in [-0.39, 0.29) is 5.91 Å². The lowest BCUT2D eigenvalue weighted by Crippen LogP contribution is -2.39. The molecular formula is C14H30N4O. The quantitative estimate of drug-likeness (QED) is 0.518. The van der Waals surface area contributed by atoms with Crippen molar-refractivity contribution in [2.24, 2.45) is 10.9 Å². The highest BCUT2D eigenvalue weighted by atomic mass is 16.2. The van der Waals surface area contributed by atoms with Gasteiger partial charge in [-0.25, -0.2) is 0 Å². The second-order valence-corrected chi connectivity index (χ2v) is 4.87. The number of nitrogens with one attached hydrogen (secondary N) is 2. The van der Waals surface area contributed by atoms with E-state index >= 15 is 0 Å². The van der Waals surface area contributed by atoms with Gasteiger partial charge < -0.3 is 15.5 Å². The standard InChI is InChI=1S/C14H30N4O/c1-6-12(7-2)11-17-14(15-8-3)16-10-9-13(19)18(4)5/h12H,6-11H2,1-5H3,(H2,15,16,17). The molecule has 0 atom stereocenters. The van der Waals surface area contributed by atoms with E-state index in [0.29, 0.717) is 18.9 Å². The molecule has 0 aromatic carbocycles. The maximum absolute atomic E-state index is 11.5. The summed E-state index contributed by atoms with van der Waals surface area (Å²) in [6.07, 6.45) is 2.79. The van der Waals surface area contributed by atoms with Crippen LogP contribution in [0.4, 0.5) is 0 Å². The Bertz CT molecular complexity index is 273. The smallest absolute Gasteiger partial charge is 0.223 e. The number of guanidine groups is 1. The number of carbonyl (C=O) groups is 1. The molecule has 0 aliphatic heterocycles. The molecule has 0 heterocycles. The summed E-state index contributed by atoms with van der Waals surface area (Å²) in [6.45, 7) is 8.71. The first-order valence-electron chi connectivity index (χ1n) is 7.27. The van der Waals surface area contributed by atoms with Crippen molar-refractivity contribution in [2.75, 3.05) is 33.7 Å². The molecule has 0 fully saturated rings. The molecule has 0 rings (SSSR count). The van der Waals surface area contributed by atoms with E-state index in [1.165, 1.54) is 0 Å². The van der Waals surface area contributed by atoms with Crippen LogP contribution in [-0.2, 0) is 4.79 Å². The Morgan fingerprint density at radius 3 is 2.26 bits per heavy atom. The Kier molecular flexibility index (Phi) is 9.94. The highest BCUT2D eigenvalue weighted by Gasteiger charge is 2.05. The van der Waals surface area contributed by atoms with Gasteiger partial charge in [-0.15, -0.1) is 0 Å².